The summed E-state index contributed by atoms with van der Waals surface area (Å²) >= 11 is 0. The summed E-state index contributed by atoms with van der Waals surface area (Å²) in [7, 11) is 0. The highest BCUT2D eigenvalue weighted by Gasteiger charge is 2.26. The third-order valence-electron chi connectivity index (χ3n) is 5.60. The predicted molar refractivity (Wildman–Crippen MR) is 115 cm³/mol. The molecule has 0 spiro atoms. The molecule has 1 aliphatic heterocycles. The number of amides is 1. The molecule has 0 bridgehead atoms. The van der Waals surface area contributed by atoms with Crippen LogP contribution < -0.4 is 10.2 Å². The van der Waals surface area contributed by atoms with E-state index in [1.165, 1.54) is 0 Å². The molecule has 3 aromatic rings. The fourth-order valence-electron chi connectivity index (χ4n) is 3.84. The third kappa shape index (κ3) is 4.07. The van der Waals surface area contributed by atoms with Gasteiger partial charge in [-0.2, -0.15) is 0 Å². The van der Waals surface area contributed by atoms with E-state index in [2.05, 4.69) is 21.2 Å². The second kappa shape index (κ2) is 7.79. The summed E-state index contributed by atoms with van der Waals surface area (Å²) < 4.78 is 0. The lowest BCUT2D eigenvalue weighted by Gasteiger charge is -2.35. The number of aromatic nitrogens is 2. The Kier molecular flexibility index (Phi) is 4.86. The summed E-state index contributed by atoms with van der Waals surface area (Å²) in [5.74, 6) is 1.89. The molecule has 0 atom stereocenters. The summed E-state index contributed by atoms with van der Waals surface area (Å²) in [6.45, 7) is 3.91. The van der Waals surface area contributed by atoms with E-state index in [0.29, 0.717) is 12.6 Å². The molecule has 6 nitrogen and oxygen atoms in total. The van der Waals surface area contributed by atoms with E-state index >= 15 is 0 Å². The maximum absolute atomic E-state index is 12.1. The zero-order chi connectivity index (χ0) is 19.6. The lowest BCUT2D eigenvalue weighted by Crippen LogP contribution is -2.50. The maximum Gasteiger partial charge on any atom is 0.234 e. The third-order valence-corrected chi connectivity index (χ3v) is 5.60. The number of hydrogen-bond donors (Lipinski definition) is 1. The highest BCUT2D eigenvalue weighted by atomic mass is 16.2. The highest BCUT2D eigenvalue weighted by molar-refractivity contribution is 5.91. The van der Waals surface area contributed by atoms with Crippen molar-refractivity contribution in [3.63, 3.8) is 0 Å². The quantitative estimate of drug-likeness (QED) is 0.729. The van der Waals surface area contributed by atoms with Crippen LogP contribution >= 0.6 is 0 Å². The summed E-state index contributed by atoms with van der Waals surface area (Å²) in [4.78, 5) is 26.4. The van der Waals surface area contributed by atoms with Crippen LogP contribution in [0.2, 0.25) is 0 Å². The van der Waals surface area contributed by atoms with Gasteiger partial charge in [-0.1, -0.05) is 42.5 Å². The lowest BCUT2D eigenvalue weighted by molar-refractivity contribution is -0.122. The Bertz CT molecular complexity index is 1010. The Labute approximate surface area is 170 Å². The van der Waals surface area contributed by atoms with Gasteiger partial charge < -0.3 is 10.2 Å². The molecule has 6 heteroatoms. The molecular weight excluding hydrogens is 362 g/mol. The van der Waals surface area contributed by atoms with Gasteiger partial charge >= 0.3 is 0 Å². The van der Waals surface area contributed by atoms with E-state index in [1.54, 1.807) is 0 Å². The smallest absolute Gasteiger partial charge is 0.234 e. The van der Waals surface area contributed by atoms with E-state index in [9.17, 15) is 4.79 Å². The number of nitrogens with one attached hydrogen (secondary N) is 1. The second-order valence-electron chi connectivity index (χ2n) is 7.86. The van der Waals surface area contributed by atoms with Gasteiger partial charge in [0, 0.05) is 43.2 Å². The van der Waals surface area contributed by atoms with Crippen molar-refractivity contribution in [2.75, 3.05) is 37.6 Å². The largest absolute Gasteiger partial charge is 0.353 e. The van der Waals surface area contributed by atoms with Gasteiger partial charge in [0.1, 0.15) is 5.82 Å². The van der Waals surface area contributed by atoms with E-state index in [1.807, 2.05) is 48.5 Å². The van der Waals surface area contributed by atoms with Crippen molar-refractivity contribution in [3.05, 3.63) is 54.6 Å². The molecule has 29 heavy (non-hydrogen) atoms. The van der Waals surface area contributed by atoms with Gasteiger partial charge in [0.2, 0.25) is 5.91 Å². The van der Waals surface area contributed by atoms with Crippen LogP contribution in [0.1, 0.15) is 12.8 Å². The normalized spacial score (nSPS) is 17.4. The average molecular weight is 387 g/mol. The van der Waals surface area contributed by atoms with Crippen molar-refractivity contribution in [2.24, 2.45) is 0 Å². The number of carbonyl (C=O) groups is 1. The SMILES string of the molecule is O=C(CN1CCN(c2nc(-c3ccccc3)nc3ccccc23)CC1)NC1CC1. The zero-order valence-corrected chi connectivity index (χ0v) is 16.4. The minimum Gasteiger partial charge on any atom is -0.353 e. The average Bonchev–Trinajstić information content (AvgIpc) is 3.58. The van der Waals surface area contributed by atoms with E-state index < -0.39 is 0 Å². The minimum atomic E-state index is 0.153. The van der Waals surface area contributed by atoms with E-state index in [-0.39, 0.29) is 5.91 Å². The first-order valence-electron chi connectivity index (χ1n) is 10.4. The number of anilines is 1. The number of para-hydroxylation sites is 1. The first-order valence-corrected chi connectivity index (χ1v) is 10.4. The number of carbonyl (C=O) groups excluding carboxylic acids is 1. The molecule has 1 saturated carbocycles. The predicted octanol–water partition coefficient (Wildman–Crippen LogP) is 2.70. The van der Waals surface area contributed by atoms with Gasteiger partial charge in [0.25, 0.3) is 0 Å². The van der Waals surface area contributed by atoms with Gasteiger partial charge in [-0.3, -0.25) is 9.69 Å². The number of benzene rings is 2. The first kappa shape index (κ1) is 18.1. The van der Waals surface area contributed by atoms with Crippen LogP contribution in [-0.2, 0) is 4.79 Å². The van der Waals surface area contributed by atoms with Crippen LogP contribution in [0.25, 0.3) is 22.3 Å². The molecule has 0 unspecified atom stereocenters. The maximum atomic E-state index is 12.1. The van der Waals surface area contributed by atoms with Crippen molar-refractivity contribution in [2.45, 2.75) is 18.9 Å². The van der Waals surface area contributed by atoms with Crippen molar-refractivity contribution >= 4 is 22.6 Å². The first-order chi connectivity index (χ1) is 14.3. The molecule has 1 N–H and O–H groups in total. The molecular formula is C23H25N5O. The van der Waals surface area contributed by atoms with Crippen LogP contribution in [0.15, 0.2) is 54.6 Å². The molecule has 2 aliphatic rings. The number of nitrogens with zero attached hydrogens (tertiary/aromatic N) is 4. The van der Waals surface area contributed by atoms with Gasteiger partial charge in [0.05, 0.1) is 12.1 Å². The Hall–Kier alpha value is -2.99. The van der Waals surface area contributed by atoms with Crippen molar-refractivity contribution < 1.29 is 4.79 Å². The van der Waals surface area contributed by atoms with Gasteiger partial charge in [-0.15, -0.1) is 0 Å². The second-order valence-corrected chi connectivity index (χ2v) is 7.86. The van der Waals surface area contributed by atoms with Crippen LogP contribution in [0.4, 0.5) is 5.82 Å². The molecule has 5 rings (SSSR count). The highest BCUT2D eigenvalue weighted by Crippen LogP contribution is 2.28. The van der Waals surface area contributed by atoms with Crippen molar-refractivity contribution in [3.8, 4) is 11.4 Å². The molecule has 2 heterocycles. The molecule has 1 aliphatic carbocycles. The Morgan fingerprint density at radius 3 is 2.41 bits per heavy atom. The fourth-order valence-corrected chi connectivity index (χ4v) is 3.84. The topological polar surface area (TPSA) is 61.4 Å². The van der Waals surface area contributed by atoms with Crippen molar-refractivity contribution in [1.82, 2.24) is 20.2 Å². The van der Waals surface area contributed by atoms with E-state index in [0.717, 1.165) is 67.1 Å². The number of rotatable bonds is 5. The summed E-state index contributed by atoms with van der Waals surface area (Å²) in [6.07, 6.45) is 2.26. The molecule has 2 fully saturated rings. The molecule has 2 aromatic carbocycles. The van der Waals surface area contributed by atoms with Crippen LogP contribution in [0.5, 0.6) is 0 Å². The minimum absolute atomic E-state index is 0.153. The number of hydrogen-bond acceptors (Lipinski definition) is 5. The zero-order valence-electron chi connectivity index (χ0n) is 16.4. The number of piperazine rings is 1. The molecule has 1 amide bonds. The molecule has 1 aromatic heterocycles. The van der Waals surface area contributed by atoms with Gasteiger partial charge in [-0.25, -0.2) is 9.97 Å². The summed E-state index contributed by atoms with van der Waals surface area (Å²) in [5.41, 5.74) is 1.98. The van der Waals surface area contributed by atoms with Crippen LogP contribution in [0.3, 0.4) is 0 Å². The molecule has 0 radical (unpaired) electrons. The summed E-state index contributed by atoms with van der Waals surface area (Å²) in [6, 6.07) is 18.7. The molecule has 148 valence electrons. The Morgan fingerprint density at radius 1 is 0.931 bits per heavy atom. The van der Waals surface area contributed by atoms with Crippen LogP contribution in [-0.4, -0.2) is 59.5 Å². The Morgan fingerprint density at radius 2 is 1.66 bits per heavy atom. The van der Waals surface area contributed by atoms with Crippen molar-refractivity contribution in [1.29, 1.82) is 0 Å². The van der Waals surface area contributed by atoms with Crippen LogP contribution in [0, 0.1) is 0 Å². The fraction of sp³-hybridized carbons (Fsp3) is 0.348. The number of fused-ring (bicyclic) bond motifs is 1. The Balaban J connectivity index is 1.36. The standard InChI is InChI=1S/C23H25N5O/c29-21(24-18-10-11-18)16-27-12-14-28(15-13-27)23-19-8-4-5-9-20(19)25-22(26-23)17-6-2-1-3-7-17/h1-9,18H,10-16H2,(H,24,29). The van der Waals surface area contributed by atoms with Gasteiger partial charge in [0.15, 0.2) is 5.82 Å². The van der Waals surface area contributed by atoms with E-state index in [4.69, 9.17) is 9.97 Å². The summed E-state index contributed by atoms with van der Waals surface area (Å²) in [5, 5.41) is 4.16. The molecule has 1 saturated heterocycles. The monoisotopic (exact) mass is 387 g/mol. The lowest BCUT2D eigenvalue weighted by atomic mass is 10.1. The van der Waals surface area contributed by atoms with Gasteiger partial charge in [-0.05, 0) is 25.0 Å².